The highest BCUT2D eigenvalue weighted by atomic mass is 19.1. The fourth-order valence-corrected chi connectivity index (χ4v) is 1.80. The zero-order valence-corrected chi connectivity index (χ0v) is 10.9. The molecule has 0 heterocycles. The maximum absolute atomic E-state index is 13.1. The Labute approximate surface area is 107 Å². The van der Waals surface area contributed by atoms with E-state index < -0.39 is 0 Å². The summed E-state index contributed by atoms with van der Waals surface area (Å²) in [5.74, 6) is -0.405. The lowest BCUT2D eigenvalue weighted by molar-refractivity contribution is -0.140. The molecule has 1 aromatic carbocycles. The van der Waals surface area contributed by atoms with Gasteiger partial charge in [-0.05, 0) is 37.0 Å². The molecule has 0 aliphatic heterocycles. The van der Waals surface area contributed by atoms with Crippen molar-refractivity contribution in [3.8, 4) is 0 Å². The Bertz CT molecular complexity index is 407. The number of unbranched alkanes of at least 4 members (excludes halogenated alkanes) is 1. The van der Waals surface area contributed by atoms with Crippen LogP contribution in [0.1, 0.15) is 42.9 Å². The first-order valence-corrected chi connectivity index (χ1v) is 6.13. The lowest BCUT2D eigenvalue weighted by atomic mass is 9.99. The molecule has 0 aliphatic carbocycles. The van der Waals surface area contributed by atoms with Crippen LogP contribution >= 0.6 is 0 Å². The number of carbonyl (C=O) groups excluding carboxylic acids is 1. The van der Waals surface area contributed by atoms with E-state index in [0.717, 1.165) is 24.8 Å². The number of carbonyl (C=O) groups is 1. The molecule has 0 aromatic heterocycles. The van der Waals surface area contributed by atoms with E-state index in [1.165, 1.54) is 13.2 Å². The molecule has 0 amide bonds. The van der Waals surface area contributed by atoms with Gasteiger partial charge in [-0.15, -0.1) is 0 Å². The predicted octanol–water partition coefficient (Wildman–Crippen LogP) is 2.87. The second kappa shape index (κ2) is 7.11. The summed E-state index contributed by atoms with van der Waals surface area (Å²) < 4.78 is 17.7. The number of halogens is 1. The van der Waals surface area contributed by atoms with Crippen molar-refractivity contribution in [2.45, 2.75) is 38.6 Å². The van der Waals surface area contributed by atoms with E-state index in [2.05, 4.69) is 4.74 Å². The molecule has 0 fully saturated rings. The van der Waals surface area contributed by atoms with Crippen LogP contribution in [0.3, 0.4) is 0 Å². The molecule has 0 aliphatic rings. The average Bonchev–Trinajstić information content (AvgIpc) is 2.37. The van der Waals surface area contributed by atoms with Crippen LogP contribution in [0.25, 0.3) is 0 Å². The minimum atomic E-state index is -0.211. The highest BCUT2D eigenvalue weighted by Crippen LogP contribution is 2.19. The molecule has 0 saturated carbocycles. The van der Waals surface area contributed by atoms with Gasteiger partial charge in [0, 0.05) is 12.5 Å². The molecule has 0 radical (unpaired) electrons. The maximum Gasteiger partial charge on any atom is 0.305 e. The van der Waals surface area contributed by atoms with Crippen molar-refractivity contribution in [2.75, 3.05) is 7.11 Å². The van der Waals surface area contributed by atoms with Crippen molar-refractivity contribution in [1.29, 1.82) is 0 Å². The average molecular weight is 253 g/mol. The summed E-state index contributed by atoms with van der Waals surface area (Å²) in [5.41, 5.74) is 7.57. The van der Waals surface area contributed by atoms with Gasteiger partial charge >= 0.3 is 5.97 Å². The Morgan fingerprint density at radius 2 is 2.17 bits per heavy atom. The molecule has 4 heteroatoms. The SMILES string of the molecule is COC(=O)CCCCC(N)c1ccc(F)c(C)c1. The van der Waals surface area contributed by atoms with E-state index in [-0.39, 0.29) is 17.8 Å². The molecule has 1 unspecified atom stereocenters. The lowest BCUT2D eigenvalue weighted by Gasteiger charge is -2.12. The molecule has 3 nitrogen and oxygen atoms in total. The molecule has 1 rings (SSSR count). The molecule has 1 aromatic rings. The molecular weight excluding hydrogens is 233 g/mol. The number of esters is 1. The second-order valence-electron chi connectivity index (χ2n) is 4.44. The van der Waals surface area contributed by atoms with E-state index >= 15 is 0 Å². The zero-order valence-electron chi connectivity index (χ0n) is 10.9. The van der Waals surface area contributed by atoms with Gasteiger partial charge in [0.15, 0.2) is 0 Å². The minimum absolute atomic E-state index is 0.109. The molecule has 0 saturated heterocycles. The summed E-state index contributed by atoms with van der Waals surface area (Å²) in [5, 5.41) is 0. The van der Waals surface area contributed by atoms with Gasteiger partial charge in [-0.1, -0.05) is 18.6 Å². The lowest BCUT2D eigenvalue weighted by Crippen LogP contribution is -2.11. The summed E-state index contributed by atoms with van der Waals surface area (Å²) in [4.78, 5) is 10.9. The smallest absolute Gasteiger partial charge is 0.305 e. The Balaban J connectivity index is 2.38. The third-order valence-corrected chi connectivity index (χ3v) is 2.98. The van der Waals surface area contributed by atoms with Gasteiger partial charge in [0.1, 0.15) is 5.82 Å². The van der Waals surface area contributed by atoms with Crippen molar-refractivity contribution < 1.29 is 13.9 Å². The zero-order chi connectivity index (χ0) is 13.5. The van der Waals surface area contributed by atoms with Gasteiger partial charge < -0.3 is 10.5 Å². The Kier molecular flexibility index (Phi) is 5.78. The largest absolute Gasteiger partial charge is 0.469 e. The molecule has 1 atom stereocenters. The summed E-state index contributed by atoms with van der Waals surface area (Å²) >= 11 is 0. The molecule has 100 valence electrons. The van der Waals surface area contributed by atoms with E-state index in [4.69, 9.17) is 5.73 Å². The van der Waals surface area contributed by atoms with E-state index in [1.807, 2.05) is 0 Å². The van der Waals surface area contributed by atoms with Gasteiger partial charge in [0.05, 0.1) is 7.11 Å². The number of benzene rings is 1. The van der Waals surface area contributed by atoms with Crippen molar-refractivity contribution in [3.63, 3.8) is 0 Å². The second-order valence-corrected chi connectivity index (χ2v) is 4.44. The van der Waals surface area contributed by atoms with Crippen LogP contribution in [-0.4, -0.2) is 13.1 Å². The highest BCUT2D eigenvalue weighted by Gasteiger charge is 2.08. The number of hydrogen-bond donors (Lipinski definition) is 1. The van der Waals surface area contributed by atoms with Crippen molar-refractivity contribution in [1.82, 2.24) is 0 Å². The fourth-order valence-electron chi connectivity index (χ4n) is 1.80. The number of hydrogen-bond acceptors (Lipinski definition) is 3. The Morgan fingerprint density at radius 3 is 2.78 bits per heavy atom. The molecule has 2 N–H and O–H groups in total. The normalized spacial score (nSPS) is 12.2. The first-order valence-electron chi connectivity index (χ1n) is 6.13. The van der Waals surface area contributed by atoms with Crippen LogP contribution in [0, 0.1) is 12.7 Å². The first kappa shape index (κ1) is 14.6. The van der Waals surface area contributed by atoms with E-state index in [9.17, 15) is 9.18 Å². The molecule has 18 heavy (non-hydrogen) atoms. The van der Waals surface area contributed by atoms with Gasteiger partial charge in [-0.3, -0.25) is 4.79 Å². The quantitative estimate of drug-likeness (QED) is 0.626. The number of nitrogens with two attached hydrogens (primary N) is 1. The molecular formula is C14H20FNO2. The van der Waals surface area contributed by atoms with Crippen molar-refractivity contribution in [2.24, 2.45) is 5.73 Å². The van der Waals surface area contributed by atoms with E-state index in [1.54, 1.807) is 19.1 Å². The molecule has 0 spiro atoms. The highest BCUT2D eigenvalue weighted by molar-refractivity contribution is 5.68. The summed E-state index contributed by atoms with van der Waals surface area (Å²) in [6.07, 6.45) is 2.82. The standard InChI is InChI=1S/C14H20FNO2/c1-10-9-11(7-8-12(10)15)13(16)5-3-4-6-14(17)18-2/h7-9,13H,3-6,16H2,1-2H3. The monoisotopic (exact) mass is 253 g/mol. The third-order valence-electron chi connectivity index (χ3n) is 2.98. The summed E-state index contributed by atoms with van der Waals surface area (Å²) in [6, 6.07) is 4.83. The van der Waals surface area contributed by atoms with Gasteiger partial charge in [-0.2, -0.15) is 0 Å². The van der Waals surface area contributed by atoms with E-state index in [0.29, 0.717) is 12.0 Å². The Hall–Kier alpha value is -1.42. The van der Waals surface area contributed by atoms with Crippen molar-refractivity contribution >= 4 is 5.97 Å². The minimum Gasteiger partial charge on any atom is -0.469 e. The van der Waals surface area contributed by atoms with Gasteiger partial charge in [0.25, 0.3) is 0 Å². The van der Waals surface area contributed by atoms with Crippen molar-refractivity contribution in [3.05, 3.63) is 35.1 Å². The van der Waals surface area contributed by atoms with Crippen LogP contribution in [0.5, 0.6) is 0 Å². The number of methoxy groups -OCH3 is 1. The summed E-state index contributed by atoms with van der Waals surface area (Å²) in [6.45, 7) is 1.73. The van der Waals surface area contributed by atoms with Gasteiger partial charge in [0.2, 0.25) is 0 Å². The van der Waals surface area contributed by atoms with Gasteiger partial charge in [-0.25, -0.2) is 4.39 Å². The number of aryl methyl sites for hydroxylation is 1. The van der Waals surface area contributed by atoms with Crippen LogP contribution in [0.15, 0.2) is 18.2 Å². The third kappa shape index (κ3) is 4.45. The molecule has 0 bridgehead atoms. The maximum atomic E-state index is 13.1. The van der Waals surface area contributed by atoms with Crippen LogP contribution in [-0.2, 0) is 9.53 Å². The fraction of sp³-hybridized carbons (Fsp3) is 0.500. The van der Waals surface area contributed by atoms with Crippen LogP contribution < -0.4 is 5.73 Å². The Morgan fingerprint density at radius 1 is 1.44 bits per heavy atom. The van der Waals surface area contributed by atoms with Crippen LogP contribution in [0.2, 0.25) is 0 Å². The predicted molar refractivity (Wildman–Crippen MR) is 68.5 cm³/mol. The van der Waals surface area contributed by atoms with Crippen LogP contribution in [0.4, 0.5) is 4.39 Å². The summed E-state index contributed by atoms with van der Waals surface area (Å²) in [7, 11) is 1.38. The first-order chi connectivity index (χ1) is 8.54. The topological polar surface area (TPSA) is 52.3 Å². The number of ether oxygens (including phenoxy) is 1. The number of rotatable bonds is 6.